The average Bonchev–Trinajstić information content (AvgIpc) is 2.86. The minimum Gasteiger partial charge on any atom is -0.544 e. The first-order valence-electron chi connectivity index (χ1n) is 11.4. The maximum atomic E-state index is 12.3. The molecule has 0 saturated carbocycles. The summed E-state index contributed by atoms with van der Waals surface area (Å²) < 4.78 is 11.1. The molecule has 1 aromatic heterocycles. The molecule has 0 unspecified atom stereocenters. The van der Waals surface area contributed by atoms with Gasteiger partial charge in [-0.05, 0) is 5.56 Å². The molecule has 0 bridgehead atoms. The van der Waals surface area contributed by atoms with Crippen molar-refractivity contribution in [2.24, 2.45) is 0 Å². The summed E-state index contributed by atoms with van der Waals surface area (Å²) in [4.78, 5) is 62.8. The number of nitrogens with one attached hydrogen (secondary N) is 4. The van der Waals surface area contributed by atoms with Gasteiger partial charge in [0.25, 0.3) is 11.5 Å². The van der Waals surface area contributed by atoms with Crippen LogP contribution in [0.5, 0.6) is 0 Å². The number of carbonyl (C=O) groups excluding carboxylic acids is 3. The van der Waals surface area contributed by atoms with Gasteiger partial charge < -0.3 is 50.3 Å². The normalized spacial score (nSPS) is 24.1. The van der Waals surface area contributed by atoms with Gasteiger partial charge in [0.2, 0.25) is 11.7 Å². The van der Waals surface area contributed by atoms with Crippen LogP contribution in [0.1, 0.15) is 29.4 Å². The summed E-state index contributed by atoms with van der Waals surface area (Å²) in [5, 5.41) is 48.8. The fraction of sp³-hybridized carbons (Fsp3) is 0.435. The van der Waals surface area contributed by atoms with Crippen LogP contribution in [0.4, 0.5) is 0 Å². The molecule has 2 aromatic rings. The molecule has 16 heteroatoms. The predicted molar refractivity (Wildman–Crippen MR) is 124 cm³/mol. The standard InChI is InChI=1S/C23H28N4O11.Na/c1-11(28)25-17-14(29)8-23(21(34)35,37-10-12-5-3-2-4-6-12)38-19(17)18(32)15(30)9-24-20(33)13-7-16(31)27-22(36)26-13;/h2-7,14-15,17-19,29-30,32H,8-10H2,1H3,(H,24,33)(H,25,28)(H,34,35)(H2,26,27,31,36);/q;+1/p-1/t14-,15+,17+,18-,19+,23+;/m0./s1. The van der Waals surface area contributed by atoms with Gasteiger partial charge in [-0.15, -0.1) is 0 Å². The molecule has 206 valence electrons. The van der Waals surface area contributed by atoms with Crippen molar-refractivity contribution in [2.75, 3.05) is 6.54 Å². The van der Waals surface area contributed by atoms with E-state index in [9.17, 15) is 44.4 Å². The number of benzene rings is 1. The van der Waals surface area contributed by atoms with E-state index in [-0.39, 0.29) is 36.2 Å². The van der Waals surface area contributed by atoms with Gasteiger partial charge in [-0.3, -0.25) is 19.4 Å². The monoisotopic (exact) mass is 558 g/mol. The van der Waals surface area contributed by atoms with E-state index in [4.69, 9.17) is 9.47 Å². The number of aromatic amines is 2. The number of aromatic nitrogens is 2. The topological polar surface area (TPSA) is 243 Å². The number of amides is 2. The quantitative estimate of drug-likeness (QED) is 0.135. The van der Waals surface area contributed by atoms with Crippen LogP contribution in [-0.4, -0.2) is 85.9 Å². The molecule has 1 aliphatic rings. The fourth-order valence-corrected chi connectivity index (χ4v) is 3.94. The van der Waals surface area contributed by atoms with Crippen LogP contribution in [0.15, 0.2) is 46.0 Å². The average molecular weight is 558 g/mol. The van der Waals surface area contributed by atoms with Crippen LogP contribution >= 0.6 is 0 Å². The van der Waals surface area contributed by atoms with Crippen molar-refractivity contribution in [3.63, 3.8) is 0 Å². The van der Waals surface area contributed by atoms with Gasteiger partial charge in [0.05, 0.1) is 24.9 Å². The van der Waals surface area contributed by atoms with Crippen molar-refractivity contribution in [1.29, 1.82) is 0 Å². The number of hydrogen-bond acceptors (Lipinski definition) is 11. The molecule has 1 aliphatic heterocycles. The van der Waals surface area contributed by atoms with Crippen LogP contribution in [-0.2, 0) is 25.7 Å². The zero-order valence-corrected chi connectivity index (χ0v) is 23.1. The Hall–Kier alpha value is -2.89. The van der Waals surface area contributed by atoms with E-state index in [2.05, 4.69) is 15.6 Å². The van der Waals surface area contributed by atoms with E-state index < -0.39 is 83.9 Å². The van der Waals surface area contributed by atoms with Crippen molar-refractivity contribution >= 4 is 17.8 Å². The molecule has 2 heterocycles. The maximum absolute atomic E-state index is 12.3. The predicted octanol–water partition coefficient (Wildman–Crippen LogP) is -7.16. The van der Waals surface area contributed by atoms with Gasteiger partial charge in [-0.25, -0.2) is 4.79 Å². The molecular weight excluding hydrogens is 531 g/mol. The van der Waals surface area contributed by atoms with E-state index in [0.29, 0.717) is 5.56 Å². The Labute approximate surface area is 242 Å². The number of carbonyl (C=O) groups is 3. The van der Waals surface area contributed by atoms with Crippen molar-refractivity contribution in [2.45, 2.75) is 56.2 Å². The summed E-state index contributed by atoms with van der Waals surface area (Å²) in [5.74, 6) is -6.06. The number of hydrogen-bond donors (Lipinski definition) is 7. The second kappa shape index (κ2) is 14.0. The molecule has 0 radical (unpaired) electrons. The number of aliphatic hydroxyl groups is 3. The van der Waals surface area contributed by atoms with Crippen LogP contribution in [0.25, 0.3) is 0 Å². The minimum atomic E-state index is -2.57. The van der Waals surface area contributed by atoms with Crippen molar-refractivity contribution in [1.82, 2.24) is 20.6 Å². The molecule has 0 aliphatic carbocycles. The van der Waals surface area contributed by atoms with Gasteiger partial charge in [0.15, 0.2) is 0 Å². The first kappa shape index (κ1) is 32.3. The van der Waals surface area contributed by atoms with Gasteiger partial charge in [-0.1, -0.05) is 30.3 Å². The summed E-state index contributed by atoms with van der Waals surface area (Å²) in [6, 6.07) is 7.81. The molecule has 1 aromatic carbocycles. The molecule has 0 spiro atoms. The van der Waals surface area contributed by atoms with E-state index in [1.165, 1.54) is 0 Å². The molecule has 39 heavy (non-hydrogen) atoms. The Morgan fingerprint density at radius 3 is 2.46 bits per heavy atom. The molecule has 3 rings (SSSR count). The number of ether oxygens (including phenoxy) is 2. The van der Waals surface area contributed by atoms with Crippen LogP contribution in [0.3, 0.4) is 0 Å². The maximum Gasteiger partial charge on any atom is 1.00 e. The number of carboxylic acid groups (broad SMARTS) is 1. The Morgan fingerprint density at radius 2 is 1.87 bits per heavy atom. The number of carboxylic acids is 1. The molecule has 15 nitrogen and oxygen atoms in total. The SMILES string of the molecule is CC(=O)N[C@H]1[C@H]([C@@H](O)[C@H](O)CNC(=O)c2cc(=O)[nH]c(=O)[nH]2)O[C@@](OCc2ccccc2)(C(=O)[O-])C[C@@H]1O.[Na+]. The zero-order chi connectivity index (χ0) is 28.0. The molecular formula is C23H27N4NaO11. The summed E-state index contributed by atoms with van der Waals surface area (Å²) in [7, 11) is 0. The Bertz CT molecular complexity index is 1240. The summed E-state index contributed by atoms with van der Waals surface area (Å²) in [6.07, 6.45) is -7.88. The Kier molecular flexibility index (Phi) is 11.6. The molecule has 1 saturated heterocycles. The minimum absolute atomic E-state index is 0. The van der Waals surface area contributed by atoms with Gasteiger partial charge >= 0.3 is 35.2 Å². The third kappa shape index (κ3) is 8.30. The smallest absolute Gasteiger partial charge is 0.544 e. The Morgan fingerprint density at radius 1 is 1.21 bits per heavy atom. The van der Waals surface area contributed by atoms with Gasteiger partial charge in [0.1, 0.15) is 23.9 Å². The number of aliphatic hydroxyl groups excluding tert-OH is 3. The largest absolute Gasteiger partial charge is 1.00 e. The Balaban J connectivity index is 0.00000533. The summed E-state index contributed by atoms with van der Waals surface area (Å²) >= 11 is 0. The van der Waals surface area contributed by atoms with Crippen molar-refractivity contribution in [3.8, 4) is 0 Å². The van der Waals surface area contributed by atoms with Crippen LogP contribution < -0.4 is 56.5 Å². The van der Waals surface area contributed by atoms with Crippen LogP contribution in [0.2, 0.25) is 0 Å². The van der Waals surface area contributed by atoms with Crippen molar-refractivity contribution < 1.29 is 73.8 Å². The number of H-pyrrole nitrogens is 2. The number of aliphatic carboxylic acids is 1. The van der Waals surface area contributed by atoms with E-state index >= 15 is 0 Å². The second-order valence-corrected chi connectivity index (χ2v) is 8.66. The third-order valence-electron chi connectivity index (χ3n) is 5.78. The summed E-state index contributed by atoms with van der Waals surface area (Å²) in [6.45, 7) is 0.171. The van der Waals surface area contributed by atoms with Gasteiger partial charge in [0, 0.05) is 26.0 Å². The molecule has 7 N–H and O–H groups in total. The molecule has 6 atom stereocenters. The van der Waals surface area contributed by atoms with Gasteiger partial charge in [-0.2, -0.15) is 0 Å². The fourth-order valence-electron chi connectivity index (χ4n) is 3.94. The molecule has 2 amide bonds. The van der Waals surface area contributed by atoms with Crippen molar-refractivity contribution in [3.05, 3.63) is 68.5 Å². The van der Waals surface area contributed by atoms with E-state index in [1.807, 2.05) is 4.98 Å². The second-order valence-electron chi connectivity index (χ2n) is 8.66. The first-order valence-corrected chi connectivity index (χ1v) is 11.4. The van der Waals surface area contributed by atoms with E-state index in [0.717, 1.165) is 13.0 Å². The zero-order valence-electron chi connectivity index (χ0n) is 21.1. The van der Waals surface area contributed by atoms with Crippen LogP contribution in [0, 0.1) is 0 Å². The number of rotatable bonds is 10. The first-order chi connectivity index (χ1) is 17.9. The third-order valence-corrected chi connectivity index (χ3v) is 5.78. The van der Waals surface area contributed by atoms with E-state index in [1.54, 1.807) is 30.3 Å². The summed E-state index contributed by atoms with van der Waals surface area (Å²) in [5.41, 5.74) is -1.66. The molecule has 1 fully saturated rings.